The van der Waals surface area contributed by atoms with Crippen molar-refractivity contribution in [1.29, 1.82) is 0 Å². The number of hydrogen-bond donors (Lipinski definition) is 2. The van der Waals surface area contributed by atoms with Crippen LogP contribution in [-0.2, 0) is 4.79 Å². The molecule has 2 aromatic heterocycles. The average molecular weight is 300 g/mol. The third kappa shape index (κ3) is 3.01. The number of rotatable bonds is 4. The minimum absolute atomic E-state index is 0.129. The van der Waals surface area contributed by atoms with E-state index in [1.54, 1.807) is 30.7 Å². The maximum absolute atomic E-state index is 12.3. The minimum atomic E-state index is -0.850. The third-order valence-corrected chi connectivity index (χ3v) is 4.14. The molecular weight excluding hydrogens is 280 g/mol. The van der Waals surface area contributed by atoms with Gasteiger partial charge in [-0.3, -0.25) is 9.36 Å². The van der Waals surface area contributed by atoms with Gasteiger partial charge < -0.3 is 10.4 Å². The maximum atomic E-state index is 12.3. The molecule has 0 aromatic carbocycles. The van der Waals surface area contributed by atoms with E-state index in [1.165, 1.54) is 0 Å². The summed E-state index contributed by atoms with van der Waals surface area (Å²) in [6.07, 6.45) is 8.65. The SMILES string of the molecule is Cc1nccn1-c1ncccc1NC(=O)CC1(O)CCCC1. The number of pyridine rings is 1. The summed E-state index contributed by atoms with van der Waals surface area (Å²) in [5.74, 6) is 1.24. The Morgan fingerprint density at radius 1 is 1.36 bits per heavy atom. The predicted octanol–water partition coefficient (Wildman–Crippen LogP) is 2.21. The predicted molar refractivity (Wildman–Crippen MR) is 82.8 cm³/mol. The van der Waals surface area contributed by atoms with Crippen LogP contribution in [0.1, 0.15) is 37.9 Å². The third-order valence-electron chi connectivity index (χ3n) is 4.14. The van der Waals surface area contributed by atoms with Gasteiger partial charge in [0, 0.05) is 18.6 Å². The van der Waals surface area contributed by atoms with Gasteiger partial charge in [-0.1, -0.05) is 12.8 Å². The normalized spacial score (nSPS) is 16.6. The molecule has 1 aliphatic rings. The Labute approximate surface area is 129 Å². The second-order valence-corrected chi connectivity index (χ2v) is 5.88. The highest BCUT2D eigenvalue weighted by atomic mass is 16.3. The van der Waals surface area contributed by atoms with E-state index in [9.17, 15) is 9.90 Å². The van der Waals surface area contributed by atoms with Crippen LogP contribution in [0.25, 0.3) is 5.82 Å². The van der Waals surface area contributed by atoms with Crippen molar-refractivity contribution in [3.8, 4) is 5.82 Å². The number of nitrogens with zero attached hydrogens (tertiary/aromatic N) is 3. The number of hydrogen-bond acceptors (Lipinski definition) is 4. The topological polar surface area (TPSA) is 80.0 Å². The number of aryl methyl sites for hydroxylation is 1. The molecule has 2 aromatic rings. The van der Waals surface area contributed by atoms with Crippen molar-refractivity contribution in [2.24, 2.45) is 0 Å². The number of nitrogens with one attached hydrogen (secondary N) is 1. The number of carbonyl (C=O) groups is 1. The summed E-state index contributed by atoms with van der Waals surface area (Å²) in [5.41, 5.74) is -0.229. The van der Waals surface area contributed by atoms with E-state index in [0.717, 1.165) is 18.7 Å². The van der Waals surface area contributed by atoms with E-state index >= 15 is 0 Å². The molecule has 6 heteroatoms. The van der Waals surface area contributed by atoms with Gasteiger partial charge in [0.2, 0.25) is 5.91 Å². The Balaban J connectivity index is 1.78. The molecule has 0 radical (unpaired) electrons. The van der Waals surface area contributed by atoms with Crippen LogP contribution in [-0.4, -0.2) is 31.1 Å². The monoisotopic (exact) mass is 300 g/mol. The van der Waals surface area contributed by atoms with Gasteiger partial charge in [-0.25, -0.2) is 9.97 Å². The molecule has 0 atom stereocenters. The zero-order chi connectivity index (χ0) is 15.6. The van der Waals surface area contributed by atoms with Crippen molar-refractivity contribution in [3.05, 3.63) is 36.5 Å². The number of aromatic nitrogens is 3. The Kier molecular flexibility index (Phi) is 3.94. The summed E-state index contributed by atoms with van der Waals surface area (Å²) in [4.78, 5) is 20.8. The van der Waals surface area contributed by atoms with E-state index < -0.39 is 5.60 Å². The largest absolute Gasteiger partial charge is 0.389 e. The average Bonchev–Trinajstić information content (AvgIpc) is 3.08. The lowest BCUT2D eigenvalue weighted by Gasteiger charge is -2.21. The maximum Gasteiger partial charge on any atom is 0.227 e. The highest BCUT2D eigenvalue weighted by Crippen LogP contribution is 2.32. The van der Waals surface area contributed by atoms with Crippen molar-refractivity contribution < 1.29 is 9.90 Å². The molecule has 1 amide bonds. The van der Waals surface area contributed by atoms with Gasteiger partial charge in [0.1, 0.15) is 5.82 Å². The number of imidazole rings is 1. The van der Waals surface area contributed by atoms with Gasteiger partial charge in [0.25, 0.3) is 0 Å². The fourth-order valence-corrected chi connectivity index (χ4v) is 2.99. The first-order chi connectivity index (χ1) is 10.6. The lowest BCUT2D eigenvalue weighted by Crippen LogP contribution is -2.31. The lowest BCUT2D eigenvalue weighted by molar-refractivity contribution is -0.120. The molecule has 0 saturated heterocycles. The first-order valence-electron chi connectivity index (χ1n) is 7.55. The van der Waals surface area contributed by atoms with Gasteiger partial charge in [-0.2, -0.15) is 0 Å². The zero-order valence-electron chi connectivity index (χ0n) is 12.6. The molecule has 1 fully saturated rings. The van der Waals surface area contributed by atoms with Crippen molar-refractivity contribution >= 4 is 11.6 Å². The molecule has 3 rings (SSSR count). The number of anilines is 1. The molecule has 0 spiro atoms. The lowest BCUT2D eigenvalue weighted by atomic mass is 9.97. The molecule has 0 bridgehead atoms. The van der Waals surface area contributed by atoms with E-state index in [1.807, 2.05) is 11.5 Å². The molecule has 2 heterocycles. The summed E-state index contributed by atoms with van der Waals surface area (Å²) in [6, 6.07) is 3.58. The van der Waals surface area contributed by atoms with Gasteiger partial charge in [-0.15, -0.1) is 0 Å². The smallest absolute Gasteiger partial charge is 0.227 e. The zero-order valence-corrected chi connectivity index (χ0v) is 12.6. The molecule has 1 saturated carbocycles. The van der Waals surface area contributed by atoms with Crippen molar-refractivity contribution in [2.45, 2.75) is 44.6 Å². The van der Waals surface area contributed by atoms with Crippen LogP contribution in [0.2, 0.25) is 0 Å². The van der Waals surface area contributed by atoms with Crippen LogP contribution in [0.3, 0.4) is 0 Å². The molecule has 116 valence electrons. The minimum Gasteiger partial charge on any atom is -0.389 e. The highest BCUT2D eigenvalue weighted by Gasteiger charge is 2.33. The molecule has 6 nitrogen and oxygen atoms in total. The van der Waals surface area contributed by atoms with Crippen molar-refractivity contribution in [1.82, 2.24) is 14.5 Å². The van der Waals surface area contributed by atoms with Gasteiger partial charge >= 0.3 is 0 Å². The van der Waals surface area contributed by atoms with Gasteiger partial charge in [0.05, 0.1) is 17.7 Å². The summed E-state index contributed by atoms with van der Waals surface area (Å²) < 4.78 is 1.82. The van der Waals surface area contributed by atoms with Crippen LogP contribution in [0.4, 0.5) is 5.69 Å². The number of amides is 1. The standard InChI is InChI=1S/C16H20N4O2/c1-12-17-9-10-20(12)15-13(5-4-8-18-15)19-14(21)11-16(22)6-2-3-7-16/h4-5,8-10,22H,2-3,6-7,11H2,1H3,(H,19,21). The molecule has 2 N–H and O–H groups in total. The van der Waals surface area contributed by atoms with E-state index in [2.05, 4.69) is 15.3 Å². The highest BCUT2D eigenvalue weighted by molar-refractivity contribution is 5.93. The Morgan fingerprint density at radius 3 is 2.82 bits per heavy atom. The quantitative estimate of drug-likeness (QED) is 0.907. The van der Waals surface area contributed by atoms with Crippen molar-refractivity contribution in [3.63, 3.8) is 0 Å². The Bertz CT molecular complexity index is 674. The van der Waals surface area contributed by atoms with E-state index in [4.69, 9.17) is 0 Å². The molecule has 0 aliphatic heterocycles. The van der Waals surface area contributed by atoms with Crippen LogP contribution < -0.4 is 5.32 Å². The molecule has 1 aliphatic carbocycles. The summed E-state index contributed by atoms with van der Waals surface area (Å²) >= 11 is 0. The fourth-order valence-electron chi connectivity index (χ4n) is 2.99. The van der Waals surface area contributed by atoms with Crippen LogP contribution >= 0.6 is 0 Å². The Morgan fingerprint density at radius 2 is 2.14 bits per heavy atom. The summed E-state index contributed by atoms with van der Waals surface area (Å²) in [5, 5.41) is 13.2. The molecule has 0 unspecified atom stereocenters. The number of aliphatic hydroxyl groups is 1. The van der Waals surface area contributed by atoms with E-state index in [0.29, 0.717) is 24.3 Å². The molecule has 22 heavy (non-hydrogen) atoms. The van der Waals surface area contributed by atoms with Crippen LogP contribution in [0.15, 0.2) is 30.7 Å². The first kappa shape index (κ1) is 14.7. The van der Waals surface area contributed by atoms with E-state index in [-0.39, 0.29) is 12.3 Å². The van der Waals surface area contributed by atoms with Crippen LogP contribution in [0, 0.1) is 6.92 Å². The van der Waals surface area contributed by atoms with Crippen LogP contribution in [0.5, 0.6) is 0 Å². The molecular formula is C16H20N4O2. The fraction of sp³-hybridized carbons (Fsp3) is 0.438. The first-order valence-corrected chi connectivity index (χ1v) is 7.55. The van der Waals surface area contributed by atoms with Gasteiger partial charge in [0.15, 0.2) is 5.82 Å². The van der Waals surface area contributed by atoms with Gasteiger partial charge in [-0.05, 0) is 31.9 Å². The Hall–Kier alpha value is -2.21. The second kappa shape index (κ2) is 5.88. The summed E-state index contributed by atoms with van der Waals surface area (Å²) in [6.45, 7) is 1.88. The number of carbonyl (C=O) groups excluding carboxylic acids is 1. The summed E-state index contributed by atoms with van der Waals surface area (Å²) in [7, 11) is 0. The second-order valence-electron chi connectivity index (χ2n) is 5.88. The van der Waals surface area contributed by atoms with Crippen molar-refractivity contribution in [2.75, 3.05) is 5.32 Å².